The Morgan fingerprint density at radius 3 is 2.38 bits per heavy atom. The topological polar surface area (TPSA) is 103 Å². The minimum absolute atomic E-state index is 0.181. The molecule has 1 aliphatic rings. The fourth-order valence-corrected chi connectivity index (χ4v) is 3.41. The standard InChI is InChI=1S/C25H28N2O7/c1-6-32-17-11-12-19(21(14-17)33-7-2)27-24(29)18(23(28)26-25(27)30)13-16-9-8-10-20(31-5)22(16)34-15(3)4/h8-15H,6-7H2,1-5H3,(H,26,28,30)/b18-13+. The van der Waals surface area contributed by atoms with E-state index >= 15 is 0 Å². The van der Waals surface area contributed by atoms with Crippen molar-refractivity contribution in [2.45, 2.75) is 33.8 Å². The Balaban J connectivity index is 2.09. The first-order valence-corrected chi connectivity index (χ1v) is 10.9. The van der Waals surface area contributed by atoms with Gasteiger partial charge in [0.15, 0.2) is 11.5 Å². The first kappa shape index (κ1) is 24.6. The third-order valence-corrected chi connectivity index (χ3v) is 4.77. The van der Waals surface area contributed by atoms with Gasteiger partial charge in [0.1, 0.15) is 17.1 Å². The Morgan fingerprint density at radius 1 is 1.00 bits per heavy atom. The number of urea groups is 1. The van der Waals surface area contributed by atoms with Crippen LogP contribution in [0.25, 0.3) is 6.08 Å². The van der Waals surface area contributed by atoms with E-state index in [0.29, 0.717) is 36.0 Å². The number of benzene rings is 2. The van der Waals surface area contributed by atoms with Gasteiger partial charge in [0.2, 0.25) is 0 Å². The molecule has 1 heterocycles. The number of anilines is 1. The maximum absolute atomic E-state index is 13.4. The van der Waals surface area contributed by atoms with Crippen LogP contribution in [0.5, 0.6) is 23.0 Å². The first-order valence-electron chi connectivity index (χ1n) is 10.9. The van der Waals surface area contributed by atoms with Crippen LogP contribution in [0.1, 0.15) is 33.3 Å². The third kappa shape index (κ3) is 5.14. The number of hydrogen-bond donors (Lipinski definition) is 1. The number of para-hydroxylation sites is 1. The van der Waals surface area contributed by atoms with Crippen molar-refractivity contribution in [3.63, 3.8) is 0 Å². The average Bonchev–Trinajstić information content (AvgIpc) is 2.78. The number of barbiturate groups is 1. The van der Waals surface area contributed by atoms with Crippen LogP contribution in [0.2, 0.25) is 0 Å². The van der Waals surface area contributed by atoms with Gasteiger partial charge in [0.05, 0.1) is 32.1 Å². The van der Waals surface area contributed by atoms with Gasteiger partial charge in [-0.25, -0.2) is 9.69 Å². The zero-order valence-electron chi connectivity index (χ0n) is 19.8. The lowest BCUT2D eigenvalue weighted by Gasteiger charge is -2.28. The van der Waals surface area contributed by atoms with E-state index in [-0.39, 0.29) is 23.1 Å². The number of methoxy groups -OCH3 is 1. The van der Waals surface area contributed by atoms with Gasteiger partial charge in [-0.2, -0.15) is 0 Å². The Hall–Kier alpha value is -4.01. The fourth-order valence-electron chi connectivity index (χ4n) is 3.41. The zero-order valence-corrected chi connectivity index (χ0v) is 19.8. The molecule has 1 fully saturated rings. The molecule has 1 N–H and O–H groups in total. The molecule has 1 aliphatic heterocycles. The number of carbonyl (C=O) groups excluding carboxylic acids is 3. The number of rotatable bonds is 9. The van der Waals surface area contributed by atoms with Crippen molar-refractivity contribution in [2.24, 2.45) is 0 Å². The van der Waals surface area contributed by atoms with E-state index in [1.807, 2.05) is 20.8 Å². The SMILES string of the molecule is CCOc1ccc(N2C(=O)NC(=O)/C(=C\c3cccc(OC)c3OC(C)C)C2=O)c(OCC)c1. The van der Waals surface area contributed by atoms with Gasteiger partial charge in [0.25, 0.3) is 11.8 Å². The molecule has 0 bridgehead atoms. The van der Waals surface area contributed by atoms with Crippen molar-refractivity contribution >= 4 is 29.6 Å². The maximum Gasteiger partial charge on any atom is 0.336 e. The Kier molecular flexibility index (Phi) is 7.78. The summed E-state index contributed by atoms with van der Waals surface area (Å²) >= 11 is 0. The highest BCUT2D eigenvalue weighted by molar-refractivity contribution is 6.39. The van der Waals surface area contributed by atoms with Crippen LogP contribution >= 0.6 is 0 Å². The van der Waals surface area contributed by atoms with Crippen molar-refractivity contribution in [2.75, 3.05) is 25.2 Å². The molecular formula is C25H28N2O7. The quantitative estimate of drug-likeness (QED) is 0.439. The van der Waals surface area contributed by atoms with Crippen molar-refractivity contribution in [3.05, 3.63) is 47.5 Å². The highest BCUT2D eigenvalue weighted by Gasteiger charge is 2.38. The molecular weight excluding hydrogens is 440 g/mol. The summed E-state index contributed by atoms with van der Waals surface area (Å²) in [5.74, 6) is 0.0252. The third-order valence-electron chi connectivity index (χ3n) is 4.77. The molecule has 9 nitrogen and oxygen atoms in total. The van der Waals surface area contributed by atoms with E-state index in [0.717, 1.165) is 4.90 Å². The van der Waals surface area contributed by atoms with Crippen LogP contribution in [0.15, 0.2) is 42.0 Å². The zero-order chi connectivity index (χ0) is 24.8. The van der Waals surface area contributed by atoms with Gasteiger partial charge in [-0.3, -0.25) is 14.9 Å². The number of nitrogens with zero attached hydrogens (tertiary/aromatic N) is 1. The molecule has 0 spiro atoms. The summed E-state index contributed by atoms with van der Waals surface area (Å²) < 4.78 is 22.4. The molecule has 3 rings (SSSR count). The lowest BCUT2D eigenvalue weighted by atomic mass is 10.1. The second kappa shape index (κ2) is 10.7. The van der Waals surface area contributed by atoms with Crippen LogP contribution in [0.4, 0.5) is 10.5 Å². The van der Waals surface area contributed by atoms with Crippen molar-refractivity contribution in [1.82, 2.24) is 5.32 Å². The van der Waals surface area contributed by atoms with E-state index in [4.69, 9.17) is 18.9 Å². The summed E-state index contributed by atoms with van der Waals surface area (Å²) in [5.41, 5.74) is 0.408. The highest BCUT2D eigenvalue weighted by atomic mass is 16.5. The van der Waals surface area contributed by atoms with E-state index in [2.05, 4.69) is 5.32 Å². The predicted molar refractivity (Wildman–Crippen MR) is 127 cm³/mol. The van der Waals surface area contributed by atoms with E-state index < -0.39 is 17.8 Å². The molecule has 2 aromatic carbocycles. The second-order valence-corrected chi connectivity index (χ2v) is 7.50. The molecule has 0 atom stereocenters. The van der Waals surface area contributed by atoms with Gasteiger partial charge in [0, 0.05) is 11.6 Å². The summed E-state index contributed by atoms with van der Waals surface area (Å²) in [7, 11) is 1.50. The predicted octanol–water partition coefficient (Wildman–Crippen LogP) is 3.95. The summed E-state index contributed by atoms with van der Waals surface area (Å²) in [4.78, 5) is 39.7. The van der Waals surface area contributed by atoms with E-state index in [9.17, 15) is 14.4 Å². The molecule has 0 aromatic heterocycles. The largest absolute Gasteiger partial charge is 0.494 e. The number of carbonyl (C=O) groups is 3. The van der Waals surface area contributed by atoms with Crippen molar-refractivity contribution in [1.29, 1.82) is 0 Å². The summed E-state index contributed by atoms with van der Waals surface area (Å²) in [6, 6.07) is 9.01. The molecule has 0 saturated carbocycles. The van der Waals surface area contributed by atoms with E-state index in [1.165, 1.54) is 13.2 Å². The summed E-state index contributed by atoms with van der Waals surface area (Å²) in [5, 5.41) is 2.23. The summed E-state index contributed by atoms with van der Waals surface area (Å²) in [6.07, 6.45) is 1.20. The molecule has 4 amide bonds. The van der Waals surface area contributed by atoms with Gasteiger partial charge in [-0.1, -0.05) is 12.1 Å². The molecule has 1 saturated heterocycles. The molecule has 180 valence electrons. The average molecular weight is 469 g/mol. The minimum Gasteiger partial charge on any atom is -0.494 e. The molecule has 0 radical (unpaired) electrons. The van der Waals surface area contributed by atoms with Crippen molar-refractivity contribution in [3.8, 4) is 23.0 Å². The van der Waals surface area contributed by atoms with Gasteiger partial charge >= 0.3 is 6.03 Å². The number of imide groups is 2. The number of hydrogen-bond acceptors (Lipinski definition) is 7. The van der Waals surface area contributed by atoms with Crippen molar-refractivity contribution < 1.29 is 33.3 Å². The van der Waals surface area contributed by atoms with Gasteiger partial charge < -0.3 is 18.9 Å². The minimum atomic E-state index is -0.874. The number of nitrogens with one attached hydrogen (secondary N) is 1. The lowest BCUT2D eigenvalue weighted by molar-refractivity contribution is -0.122. The number of ether oxygens (including phenoxy) is 4. The Morgan fingerprint density at radius 2 is 1.74 bits per heavy atom. The second-order valence-electron chi connectivity index (χ2n) is 7.50. The molecule has 2 aromatic rings. The van der Waals surface area contributed by atoms with Gasteiger partial charge in [-0.15, -0.1) is 0 Å². The molecule has 34 heavy (non-hydrogen) atoms. The smallest absolute Gasteiger partial charge is 0.336 e. The normalized spacial score (nSPS) is 14.9. The van der Waals surface area contributed by atoms with Crippen LogP contribution < -0.4 is 29.2 Å². The Bertz CT molecular complexity index is 1120. The van der Waals surface area contributed by atoms with Crippen LogP contribution in [-0.4, -0.2) is 44.3 Å². The van der Waals surface area contributed by atoms with E-state index in [1.54, 1.807) is 43.3 Å². The first-order chi connectivity index (χ1) is 16.3. The highest BCUT2D eigenvalue weighted by Crippen LogP contribution is 2.37. The lowest BCUT2D eigenvalue weighted by Crippen LogP contribution is -2.54. The number of amides is 4. The fraction of sp³-hybridized carbons (Fsp3) is 0.320. The molecule has 0 aliphatic carbocycles. The Labute approximate surface area is 198 Å². The molecule has 9 heteroatoms. The maximum atomic E-state index is 13.4. The van der Waals surface area contributed by atoms with Crippen LogP contribution in [0, 0.1) is 0 Å². The monoisotopic (exact) mass is 468 g/mol. The van der Waals surface area contributed by atoms with Crippen LogP contribution in [0.3, 0.4) is 0 Å². The van der Waals surface area contributed by atoms with Gasteiger partial charge in [-0.05, 0) is 52.0 Å². The van der Waals surface area contributed by atoms with Crippen LogP contribution in [-0.2, 0) is 9.59 Å². The summed E-state index contributed by atoms with van der Waals surface area (Å²) in [6.45, 7) is 8.06. The molecule has 0 unspecified atom stereocenters.